The van der Waals surface area contributed by atoms with Crippen LogP contribution in [0, 0.1) is 6.92 Å². The van der Waals surface area contributed by atoms with Crippen molar-refractivity contribution in [2.75, 3.05) is 12.4 Å². The van der Waals surface area contributed by atoms with E-state index in [1.807, 2.05) is 30.3 Å². The van der Waals surface area contributed by atoms with Crippen LogP contribution in [0.1, 0.15) is 11.4 Å². The van der Waals surface area contributed by atoms with E-state index in [-0.39, 0.29) is 17.9 Å². The lowest BCUT2D eigenvalue weighted by atomic mass is 10.1. The number of amides is 1. The minimum atomic E-state index is -0.186. The van der Waals surface area contributed by atoms with Crippen molar-refractivity contribution in [3.63, 3.8) is 0 Å². The second-order valence-corrected chi connectivity index (χ2v) is 7.49. The van der Waals surface area contributed by atoms with Crippen molar-refractivity contribution in [1.82, 2.24) is 9.55 Å². The number of nitrogens with zero attached hydrogens (tertiary/aromatic N) is 2. The first-order valence-corrected chi connectivity index (χ1v) is 10.0. The highest BCUT2D eigenvalue weighted by atomic mass is 35.5. The quantitative estimate of drug-likeness (QED) is 0.501. The Kier molecular flexibility index (Phi) is 5.73. The summed E-state index contributed by atoms with van der Waals surface area (Å²) in [6, 6.07) is 19.5. The van der Waals surface area contributed by atoms with Crippen molar-refractivity contribution in [2.24, 2.45) is 0 Å². The van der Waals surface area contributed by atoms with Gasteiger partial charge >= 0.3 is 0 Å². The van der Waals surface area contributed by atoms with E-state index >= 15 is 0 Å². The first-order chi connectivity index (χ1) is 15.0. The molecule has 3 aromatic carbocycles. The van der Waals surface area contributed by atoms with Crippen LogP contribution in [0.4, 0.5) is 5.69 Å². The van der Waals surface area contributed by atoms with E-state index in [1.165, 1.54) is 11.7 Å². The average Bonchev–Trinajstić information content (AvgIpc) is 2.76. The second-order valence-electron chi connectivity index (χ2n) is 7.05. The highest BCUT2D eigenvalue weighted by molar-refractivity contribution is 6.30. The fourth-order valence-corrected chi connectivity index (χ4v) is 3.58. The molecule has 31 heavy (non-hydrogen) atoms. The van der Waals surface area contributed by atoms with Crippen LogP contribution in [0.15, 0.2) is 71.5 Å². The lowest BCUT2D eigenvalue weighted by Crippen LogP contribution is -2.22. The van der Waals surface area contributed by atoms with Crippen molar-refractivity contribution < 1.29 is 9.53 Å². The minimum absolute atomic E-state index is 0.162. The Balaban J connectivity index is 1.64. The Morgan fingerprint density at radius 2 is 1.84 bits per heavy atom. The number of hydrogen-bond acceptors (Lipinski definition) is 4. The van der Waals surface area contributed by atoms with Gasteiger partial charge in [-0.15, -0.1) is 0 Å². The summed E-state index contributed by atoms with van der Waals surface area (Å²) in [4.78, 5) is 30.1. The van der Waals surface area contributed by atoms with Gasteiger partial charge in [0.25, 0.3) is 5.56 Å². The van der Waals surface area contributed by atoms with Crippen LogP contribution in [0.2, 0.25) is 5.02 Å². The van der Waals surface area contributed by atoms with Crippen molar-refractivity contribution in [3.8, 4) is 11.4 Å². The number of carbonyl (C=O) groups is 1. The zero-order valence-corrected chi connectivity index (χ0v) is 17.8. The Morgan fingerprint density at radius 3 is 2.58 bits per heavy atom. The largest absolute Gasteiger partial charge is 0.494 e. The number of halogens is 1. The fraction of sp³-hybridized carbons (Fsp3) is 0.125. The van der Waals surface area contributed by atoms with E-state index in [0.717, 1.165) is 5.56 Å². The van der Waals surface area contributed by atoms with Crippen LogP contribution in [-0.4, -0.2) is 22.6 Å². The van der Waals surface area contributed by atoms with Crippen molar-refractivity contribution >= 4 is 34.1 Å². The predicted molar refractivity (Wildman–Crippen MR) is 122 cm³/mol. The lowest BCUT2D eigenvalue weighted by molar-refractivity contribution is -0.115. The summed E-state index contributed by atoms with van der Waals surface area (Å²) in [7, 11) is 1.52. The summed E-state index contributed by atoms with van der Waals surface area (Å²) in [6.07, 6.45) is 0.204. The number of rotatable bonds is 5. The van der Waals surface area contributed by atoms with Crippen LogP contribution in [0.5, 0.6) is 5.75 Å². The molecule has 1 amide bonds. The number of carbonyl (C=O) groups excluding carboxylic acids is 1. The van der Waals surface area contributed by atoms with E-state index in [1.54, 1.807) is 43.3 Å². The van der Waals surface area contributed by atoms with Crippen molar-refractivity contribution in [3.05, 3.63) is 93.5 Å². The molecule has 7 heteroatoms. The summed E-state index contributed by atoms with van der Waals surface area (Å²) in [5.74, 6) is 0.820. The molecule has 1 N–H and O–H groups in total. The van der Waals surface area contributed by atoms with Gasteiger partial charge in [0.05, 0.1) is 35.8 Å². The van der Waals surface area contributed by atoms with Crippen LogP contribution >= 0.6 is 11.6 Å². The third-order valence-corrected chi connectivity index (χ3v) is 5.19. The average molecular weight is 434 g/mol. The Morgan fingerprint density at radius 1 is 1.10 bits per heavy atom. The molecule has 1 heterocycles. The molecule has 4 aromatic rings. The molecule has 0 fully saturated rings. The number of para-hydroxylation sites is 1. The Labute approximate surface area is 184 Å². The molecule has 0 saturated carbocycles. The number of fused-ring (bicyclic) bond motifs is 1. The fourth-order valence-electron chi connectivity index (χ4n) is 3.45. The molecular formula is C24H20ClN3O3. The first kappa shape index (κ1) is 20.6. The Hall–Kier alpha value is -3.64. The maximum absolute atomic E-state index is 13.0. The number of ether oxygens (including phenoxy) is 1. The molecule has 0 unspecified atom stereocenters. The molecule has 156 valence electrons. The zero-order chi connectivity index (χ0) is 22.0. The SMILES string of the molecule is COc1cc(-n2c(C)nc3ccccc3c2=O)ccc1NC(=O)Cc1ccc(Cl)cc1. The van der Waals surface area contributed by atoms with Gasteiger partial charge in [-0.2, -0.15) is 0 Å². The highest BCUT2D eigenvalue weighted by Gasteiger charge is 2.14. The maximum Gasteiger partial charge on any atom is 0.265 e. The summed E-state index contributed by atoms with van der Waals surface area (Å²) in [5, 5.41) is 4.02. The standard InChI is InChI=1S/C24H20ClN3O3/c1-15-26-20-6-4-3-5-19(20)24(30)28(15)18-11-12-21(22(14-18)31-2)27-23(29)13-16-7-9-17(25)10-8-16/h3-12,14H,13H2,1-2H3,(H,27,29). The minimum Gasteiger partial charge on any atom is -0.494 e. The predicted octanol–water partition coefficient (Wildman–Crippen LogP) is 4.54. The smallest absolute Gasteiger partial charge is 0.265 e. The van der Waals surface area contributed by atoms with Gasteiger partial charge in [-0.25, -0.2) is 4.98 Å². The molecule has 0 aliphatic carbocycles. The normalized spacial score (nSPS) is 10.8. The number of benzene rings is 3. The van der Waals surface area contributed by atoms with Gasteiger partial charge in [0.1, 0.15) is 11.6 Å². The molecule has 0 aliphatic rings. The van der Waals surface area contributed by atoms with E-state index in [0.29, 0.717) is 38.9 Å². The van der Waals surface area contributed by atoms with E-state index < -0.39 is 0 Å². The van der Waals surface area contributed by atoms with Gasteiger partial charge < -0.3 is 10.1 Å². The number of aryl methyl sites for hydroxylation is 1. The third-order valence-electron chi connectivity index (χ3n) is 4.94. The van der Waals surface area contributed by atoms with E-state index in [4.69, 9.17) is 16.3 Å². The number of hydrogen-bond donors (Lipinski definition) is 1. The molecule has 0 aliphatic heterocycles. The molecular weight excluding hydrogens is 414 g/mol. The number of methoxy groups -OCH3 is 1. The molecule has 0 radical (unpaired) electrons. The first-order valence-electron chi connectivity index (χ1n) is 9.67. The van der Waals surface area contributed by atoms with E-state index in [9.17, 15) is 9.59 Å². The molecule has 0 saturated heterocycles. The highest BCUT2D eigenvalue weighted by Crippen LogP contribution is 2.28. The summed E-state index contributed by atoms with van der Waals surface area (Å²) >= 11 is 5.89. The van der Waals surface area contributed by atoms with Gasteiger partial charge in [0.2, 0.25) is 5.91 Å². The van der Waals surface area contributed by atoms with Crippen molar-refractivity contribution in [1.29, 1.82) is 0 Å². The van der Waals surface area contributed by atoms with Gasteiger partial charge in [-0.1, -0.05) is 35.9 Å². The molecule has 0 spiro atoms. The summed E-state index contributed by atoms with van der Waals surface area (Å²) < 4.78 is 7.01. The van der Waals surface area contributed by atoms with Crippen LogP contribution in [0.3, 0.4) is 0 Å². The lowest BCUT2D eigenvalue weighted by Gasteiger charge is -2.15. The van der Waals surface area contributed by atoms with Crippen molar-refractivity contribution in [2.45, 2.75) is 13.3 Å². The maximum atomic E-state index is 13.0. The monoisotopic (exact) mass is 433 g/mol. The zero-order valence-electron chi connectivity index (χ0n) is 17.1. The van der Waals surface area contributed by atoms with Gasteiger partial charge in [0, 0.05) is 11.1 Å². The second kappa shape index (κ2) is 8.62. The van der Waals surface area contributed by atoms with Crippen LogP contribution in [0.25, 0.3) is 16.6 Å². The molecule has 6 nitrogen and oxygen atoms in total. The number of anilines is 1. The van der Waals surface area contributed by atoms with E-state index in [2.05, 4.69) is 10.3 Å². The molecule has 4 rings (SSSR count). The molecule has 0 atom stereocenters. The van der Waals surface area contributed by atoms with Gasteiger partial charge in [0.15, 0.2) is 0 Å². The molecule has 0 bridgehead atoms. The van der Waals surface area contributed by atoms with Gasteiger partial charge in [-0.05, 0) is 48.9 Å². The molecule has 1 aromatic heterocycles. The Bertz CT molecular complexity index is 1330. The van der Waals surface area contributed by atoms with Crippen LogP contribution < -0.4 is 15.6 Å². The third kappa shape index (κ3) is 4.29. The number of nitrogens with one attached hydrogen (secondary N) is 1. The number of aromatic nitrogens is 2. The summed E-state index contributed by atoms with van der Waals surface area (Å²) in [6.45, 7) is 1.78. The van der Waals surface area contributed by atoms with Crippen LogP contribution in [-0.2, 0) is 11.2 Å². The topological polar surface area (TPSA) is 73.2 Å². The summed E-state index contributed by atoms with van der Waals surface area (Å²) in [5.41, 5.74) is 2.46. The van der Waals surface area contributed by atoms with Gasteiger partial charge in [-0.3, -0.25) is 14.2 Å².